The standard InChI is InChI=1S/C16H32N2O/c1-2-3-4-5-8-11-14-17-15-12-9-6-7-10-13-16(15)18-19/h15,17,19H,2-14H2,1H3/b18-16+. The molecule has 0 radical (unpaired) electrons. The zero-order chi connectivity index (χ0) is 13.8. The molecule has 3 nitrogen and oxygen atoms in total. The van der Waals surface area contributed by atoms with E-state index in [1.165, 1.54) is 64.2 Å². The average molecular weight is 268 g/mol. The predicted octanol–water partition coefficient (Wildman–Crippen LogP) is 4.49. The van der Waals surface area contributed by atoms with E-state index >= 15 is 0 Å². The molecular formula is C16H32N2O. The maximum Gasteiger partial charge on any atom is 0.0739 e. The molecule has 1 aliphatic rings. The molecule has 112 valence electrons. The predicted molar refractivity (Wildman–Crippen MR) is 82.1 cm³/mol. The monoisotopic (exact) mass is 268 g/mol. The molecule has 1 saturated carbocycles. The molecule has 1 atom stereocenters. The molecule has 2 N–H and O–H groups in total. The lowest BCUT2D eigenvalue weighted by Crippen LogP contribution is -2.38. The van der Waals surface area contributed by atoms with E-state index < -0.39 is 0 Å². The van der Waals surface area contributed by atoms with E-state index in [-0.39, 0.29) is 0 Å². The van der Waals surface area contributed by atoms with Gasteiger partial charge >= 0.3 is 0 Å². The molecule has 0 aromatic carbocycles. The highest BCUT2D eigenvalue weighted by Crippen LogP contribution is 2.16. The summed E-state index contributed by atoms with van der Waals surface area (Å²) in [5, 5.41) is 16.2. The number of oxime groups is 1. The Balaban J connectivity index is 2.14. The van der Waals surface area contributed by atoms with Gasteiger partial charge < -0.3 is 10.5 Å². The van der Waals surface area contributed by atoms with Gasteiger partial charge in [0.25, 0.3) is 0 Å². The van der Waals surface area contributed by atoms with Gasteiger partial charge in [0.05, 0.1) is 5.71 Å². The summed E-state index contributed by atoms with van der Waals surface area (Å²) in [6.45, 7) is 3.32. The van der Waals surface area contributed by atoms with Gasteiger partial charge in [-0.25, -0.2) is 0 Å². The number of rotatable bonds is 8. The van der Waals surface area contributed by atoms with Crippen molar-refractivity contribution in [3.05, 3.63) is 0 Å². The quantitative estimate of drug-likeness (QED) is 0.387. The van der Waals surface area contributed by atoms with Gasteiger partial charge in [0.2, 0.25) is 0 Å². The minimum Gasteiger partial charge on any atom is -0.411 e. The molecule has 0 amide bonds. The highest BCUT2D eigenvalue weighted by molar-refractivity contribution is 5.89. The Morgan fingerprint density at radius 1 is 1.05 bits per heavy atom. The molecule has 1 unspecified atom stereocenters. The molecule has 0 aromatic rings. The van der Waals surface area contributed by atoms with Crippen LogP contribution in [0, 0.1) is 0 Å². The summed E-state index contributed by atoms with van der Waals surface area (Å²) in [5.74, 6) is 0. The lowest BCUT2D eigenvalue weighted by Gasteiger charge is -2.22. The first kappa shape index (κ1) is 16.5. The van der Waals surface area contributed by atoms with Crippen LogP contribution in [0.1, 0.15) is 84.0 Å². The zero-order valence-electron chi connectivity index (χ0n) is 12.7. The van der Waals surface area contributed by atoms with E-state index in [0.717, 1.165) is 25.1 Å². The summed E-state index contributed by atoms with van der Waals surface area (Å²) >= 11 is 0. The third-order valence-corrected chi connectivity index (χ3v) is 4.13. The summed E-state index contributed by atoms with van der Waals surface area (Å²) in [6, 6.07) is 0.320. The van der Waals surface area contributed by atoms with Gasteiger partial charge in [0, 0.05) is 6.04 Å². The van der Waals surface area contributed by atoms with Crippen LogP contribution in [0.15, 0.2) is 5.16 Å². The SMILES string of the molecule is CCCCCCCCNC1CCCCCC/C1=N\O. The van der Waals surface area contributed by atoms with Crippen molar-refractivity contribution in [2.75, 3.05) is 6.54 Å². The van der Waals surface area contributed by atoms with Gasteiger partial charge in [0.1, 0.15) is 0 Å². The normalized spacial score (nSPS) is 23.2. The molecular weight excluding hydrogens is 236 g/mol. The fourth-order valence-corrected chi connectivity index (χ4v) is 2.87. The van der Waals surface area contributed by atoms with Crippen molar-refractivity contribution in [1.82, 2.24) is 5.32 Å². The molecule has 0 aliphatic heterocycles. The van der Waals surface area contributed by atoms with Gasteiger partial charge in [0.15, 0.2) is 0 Å². The topological polar surface area (TPSA) is 44.6 Å². The second-order valence-electron chi connectivity index (χ2n) is 5.82. The minimum absolute atomic E-state index is 0.320. The lowest BCUT2D eigenvalue weighted by molar-refractivity contribution is 0.311. The maximum absolute atomic E-state index is 9.13. The van der Waals surface area contributed by atoms with Crippen molar-refractivity contribution >= 4 is 5.71 Å². The van der Waals surface area contributed by atoms with E-state index in [1.54, 1.807) is 0 Å². The number of hydrogen-bond acceptors (Lipinski definition) is 3. The Labute approximate surface area is 118 Å². The molecule has 1 fully saturated rings. The van der Waals surface area contributed by atoms with Crippen molar-refractivity contribution in [2.24, 2.45) is 5.16 Å². The molecule has 0 spiro atoms. The summed E-state index contributed by atoms with van der Waals surface area (Å²) in [6.07, 6.45) is 15.1. The summed E-state index contributed by atoms with van der Waals surface area (Å²) < 4.78 is 0. The first-order valence-corrected chi connectivity index (χ1v) is 8.32. The first-order valence-electron chi connectivity index (χ1n) is 8.32. The van der Waals surface area contributed by atoms with Crippen molar-refractivity contribution in [3.8, 4) is 0 Å². The van der Waals surface area contributed by atoms with Crippen molar-refractivity contribution < 1.29 is 5.21 Å². The van der Waals surface area contributed by atoms with Gasteiger partial charge in [-0.05, 0) is 32.2 Å². The minimum atomic E-state index is 0.320. The van der Waals surface area contributed by atoms with Crippen LogP contribution < -0.4 is 5.32 Å². The lowest BCUT2D eigenvalue weighted by atomic mass is 9.95. The maximum atomic E-state index is 9.13. The van der Waals surface area contributed by atoms with E-state index in [0.29, 0.717) is 6.04 Å². The smallest absolute Gasteiger partial charge is 0.0739 e. The Morgan fingerprint density at radius 3 is 2.58 bits per heavy atom. The molecule has 0 heterocycles. The van der Waals surface area contributed by atoms with Gasteiger partial charge in [-0.2, -0.15) is 0 Å². The Morgan fingerprint density at radius 2 is 1.79 bits per heavy atom. The van der Waals surface area contributed by atoms with Crippen LogP contribution in [0.25, 0.3) is 0 Å². The van der Waals surface area contributed by atoms with E-state index in [2.05, 4.69) is 17.4 Å². The number of hydrogen-bond donors (Lipinski definition) is 2. The molecule has 0 aromatic heterocycles. The second kappa shape index (κ2) is 11.3. The highest BCUT2D eigenvalue weighted by Gasteiger charge is 2.17. The Kier molecular flexibility index (Phi) is 9.78. The van der Waals surface area contributed by atoms with Crippen LogP contribution in [0.4, 0.5) is 0 Å². The molecule has 0 saturated heterocycles. The fourth-order valence-electron chi connectivity index (χ4n) is 2.87. The summed E-state index contributed by atoms with van der Waals surface area (Å²) in [5.41, 5.74) is 0.977. The number of unbranched alkanes of at least 4 members (excludes halogenated alkanes) is 5. The third kappa shape index (κ3) is 7.56. The van der Waals surface area contributed by atoms with E-state index in [4.69, 9.17) is 5.21 Å². The molecule has 1 aliphatic carbocycles. The zero-order valence-corrected chi connectivity index (χ0v) is 12.7. The fraction of sp³-hybridized carbons (Fsp3) is 0.938. The van der Waals surface area contributed by atoms with Crippen molar-refractivity contribution in [1.29, 1.82) is 0 Å². The number of nitrogens with zero attached hydrogens (tertiary/aromatic N) is 1. The van der Waals surface area contributed by atoms with Crippen molar-refractivity contribution in [2.45, 2.75) is 90.0 Å². The van der Waals surface area contributed by atoms with Crippen LogP contribution in [0.5, 0.6) is 0 Å². The van der Waals surface area contributed by atoms with Crippen LogP contribution in [-0.2, 0) is 0 Å². The Hall–Kier alpha value is -0.570. The van der Waals surface area contributed by atoms with Crippen LogP contribution in [-0.4, -0.2) is 23.5 Å². The van der Waals surface area contributed by atoms with Crippen LogP contribution >= 0.6 is 0 Å². The summed E-state index contributed by atoms with van der Waals surface area (Å²) in [4.78, 5) is 0. The third-order valence-electron chi connectivity index (χ3n) is 4.13. The molecule has 3 heteroatoms. The largest absolute Gasteiger partial charge is 0.411 e. The highest BCUT2D eigenvalue weighted by atomic mass is 16.4. The summed E-state index contributed by atoms with van der Waals surface area (Å²) in [7, 11) is 0. The molecule has 1 rings (SSSR count). The Bertz CT molecular complexity index is 241. The van der Waals surface area contributed by atoms with Crippen LogP contribution in [0.2, 0.25) is 0 Å². The van der Waals surface area contributed by atoms with Gasteiger partial charge in [-0.3, -0.25) is 0 Å². The van der Waals surface area contributed by atoms with E-state index in [1.807, 2.05) is 0 Å². The first-order chi connectivity index (χ1) is 9.38. The van der Waals surface area contributed by atoms with Crippen molar-refractivity contribution in [3.63, 3.8) is 0 Å². The number of nitrogens with one attached hydrogen (secondary N) is 1. The molecule has 19 heavy (non-hydrogen) atoms. The van der Waals surface area contributed by atoms with Gasteiger partial charge in [-0.1, -0.05) is 63.4 Å². The molecule has 0 bridgehead atoms. The van der Waals surface area contributed by atoms with Gasteiger partial charge in [-0.15, -0.1) is 0 Å². The van der Waals surface area contributed by atoms with Crippen LogP contribution in [0.3, 0.4) is 0 Å². The second-order valence-corrected chi connectivity index (χ2v) is 5.82. The van der Waals surface area contributed by atoms with E-state index in [9.17, 15) is 0 Å². The average Bonchev–Trinajstić information content (AvgIpc) is 2.40.